The van der Waals surface area contributed by atoms with Gasteiger partial charge in [-0.05, 0) is 52.0 Å². The molecule has 2 rings (SSSR count). The Morgan fingerprint density at radius 2 is 2.00 bits per heavy atom. The summed E-state index contributed by atoms with van der Waals surface area (Å²) < 4.78 is 0.928. The third-order valence-electron chi connectivity index (χ3n) is 2.97. The zero-order valence-corrected chi connectivity index (χ0v) is 11.8. The summed E-state index contributed by atoms with van der Waals surface area (Å²) in [6.45, 7) is 5.02. The van der Waals surface area contributed by atoms with Crippen molar-refractivity contribution in [3.63, 3.8) is 0 Å². The molecule has 1 aromatic carbocycles. The number of aromatic nitrogens is 1. The Morgan fingerprint density at radius 1 is 1.29 bits per heavy atom. The second kappa shape index (κ2) is 4.75. The maximum absolute atomic E-state index is 5.78. The normalized spacial score (nSPS) is 12.0. The standard InChI is InChI=1S/C14H17BrN2/c1-14(2,9-16)8-11-7-10-5-3-4-6-12(10)17-13(11)15/h3-7H,8-9,16H2,1-2H3. The summed E-state index contributed by atoms with van der Waals surface area (Å²) in [7, 11) is 0. The first-order valence-corrected chi connectivity index (χ1v) is 6.55. The van der Waals surface area contributed by atoms with Crippen molar-refractivity contribution in [2.45, 2.75) is 20.3 Å². The van der Waals surface area contributed by atoms with Crippen LogP contribution in [0.15, 0.2) is 34.9 Å². The fourth-order valence-electron chi connectivity index (χ4n) is 1.85. The second-order valence-corrected chi connectivity index (χ2v) is 5.93. The van der Waals surface area contributed by atoms with Crippen LogP contribution in [0.25, 0.3) is 10.9 Å². The van der Waals surface area contributed by atoms with E-state index in [1.807, 2.05) is 18.2 Å². The van der Waals surface area contributed by atoms with E-state index in [1.54, 1.807) is 0 Å². The molecular weight excluding hydrogens is 276 g/mol. The largest absolute Gasteiger partial charge is 0.330 e. The number of hydrogen-bond donors (Lipinski definition) is 1. The van der Waals surface area contributed by atoms with Crippen LogP contribution in [0.3, 0.4) is 0 Å². The van der Waals surface area contributed by atoms with Crippen molar-refractivity contribution in [3.05, 3.63) is 40.5 Å². The van der Waals surface area contributed by atoms with E-state index >= 15 is 0 Å². The van der Waals surface area contributed by atoms with E-state index in [0.717, 1.165) is 16.5 Å². The summed E-state index contributed by atoms with van der Waals surface area (Å²) in [5.41, 5.74) is 8.13. The van der Waals surface area contributed by atoms with Crippen molar-refractivity contribution < 1.29 is 0 Å². The molecule has 0 aliphatic carbocycles. The first-order valence-electron chi connectivity index (χ1n) is 5.76. The number of benzene rings is 1. The van der Waals surface area contributed by atoms with E-state index in [2.05, 4.69) is 46.9 Å². The Morgan fingerprint density at radius 3 is 2.71 bits per heavy atom. The van der Waals surface area contributed by atoms with Gasteiger partial charge in [-0.2, -0.15) is 0 Å². The summed E-state index contributed by atoms with van der Waals surface area (Å²) in [5, 5.41) is 1.18. The molecule has 0 saturated heterocycles. The van der Waals surface area contributed by atoms with E-state index in [1.165, 1.54) is 10.9 Å². The Bertz CT molecular complexity index is 535. The average Bonchev–Trinajstić information content (AvgIpc) is 2.30. The van der Waals surface area contributed by atoms with Gasteiger partial charge in [-0.1, -0.05) is 32.0 Å². The molecule has 0 aliphatic heterocycles. The number of halogens is 1. The summed E-state index contributed by atoms with van der Waals surface area (Å²) >= 11 is 3.55. The van der Waals surface area contributed by atoms with Crippen LogP contribution in [0.5, 0.6) is 0 Å². The molecule has 0 fully saturated rings. The van der Waals surface area contributed by atoms with Gasteiger partial charge in [-0.25, -0.2) is 4.98 Å². The molecule has 0 radical (unpaired) electrons. The van der Waals surface area contributed by atoms with Crippen LogP contribution in [0.2, 0.25) is 0 Å². The van der Waals surface area contributed by atoms with Gasteiger partial charge < -0.3 is 5.73 Å². The van der Waals surface area contributed by atoms with Crippen molar-refractivity contribution >= 4 is 26.8 Å². The molecule has 2 aromatic rings. The van der Waals surface area contributed by atoms with Gasteiger partial charge in [0.15, 0.2) is 0 Å². The van der Waals surface area contributed by atoms with E-state index in [4.69, 9.17) is 5.73 Å². The average molecular weight is 293 g/mol. The van der Waals surface area contributed by atoms with Gasteiger partial charge in [0, 0.05) is 5.39 Å². The highest BCUT2D eigenvalue weighted by atomic mass is 79.9. The second-order valence-electron chi connectivity index (χ2n) is 5.18. The lowest BCUT2D eigenvalue weighted by Gasteiger charge is -2.22. The molecule has 1 heterocycles. The number of hydrogen-bond acceptors (Lipinski definition) is 2. The van der Waals surface area contributed by atoms with Crippen molar-refractivity contribution in [3.8, 4) is 0 Å². The molecule has 0 unspecified atom stereocenters. The molecule has 2 N–H and O–H groups in total. The number of fused-ring (bicyclic) bond motifs is 1. The van der Waals surface area contributed by atoms with Gasteiger partial charge in [0.25, 0.3) is 0 Å². The molecule has 0 saturated carbocycles. The van der Waals surface area contributed by atoms with E-state index in [0.29, 0.717) is 6.54 Å². The Balaban J connectivity index is 2.44. The summed E-state index contributed by atoms with van der Waals surface area (Å²) in [5.74, 6) is 0. The summed E-state index contributed by atoms with van der Waals surface area (Å²) in [6.07, 6.45) is 0.932. The molecule has 0 aliphatic rings. The lowest BCUT2D eigenvalue weighted by Crippen LogP contribution is -2.26. The maximum atomic E-state index is 5.78. The first kappa shape index (κ1) is 12.5. The Labute approximate surface area is 110 Å². The highest BCUT2D eigenvalue weighted by molar-refractivity contribution is 9.10. The van der Waals surface area contributed by atoms with Crippen LogP contribution in [0.1, 0.15) is 19.4 Å². The first-order chi connectivity index (χ1) is 8.02. The predicted molar refractivity (Wildman–Crippen MR) is 76.0 cm³/mol. The number of rotatable bonds is 3. The van der Waals surface area contributed by atoms with Crippen molar-refractivity contribution in [2.75, 3.05) is 6.54 Å². The van der Waals surface area contributed by atoms with Gasteiger partial charge in [0.2, 0.25) is 0 Å². The van der Waals surface area contributed by atoms with Gasteiger partial charge in [-0.15, -0.1) is 0 Å². The molecule has 0 bridgehead atoms. The molecule has 0 atom stereocenters. The molecule has 2 nitrogen and oxygen atoms in total. The number of nitrogens with zero attached hydrogens (tertiary/aromatic N) is 1. The van der Waals surface area contributed by atoms with Gasteiger partial charge in [0.1, 0.15) is 4.60 Å². The van der Waals surface area contributed by atoms with Crippen LogP contribution in [0, 0.1) is 5.41 Å². The van der Waals surface area contributed by atoms with Crippen molar-refractivity contribution in [2.24, 2.45) is 11.1 Å². The van der Waals surface area contributed by atoms with Gasteiger partial charge >= 0.3 is 0 Å². The highest BCUT2D eigenvalue weighted by Crippen LogP contribution is 2.27. The third kappa shape index (κ3) is 2.85. The molecule has 90 valence electrons. The van der Waals surface area contributed by atoms with Gasteiger partial charge in [0.05, 0.1) is 5.52 Å². The zero-order valence-electron chi connectivity index (χ0n) is 10.2. The summed E-state index contributed by atoms with van der Waals surface area (Å²) in [6, 6.07) is 10.4. The van der Waals surface area contributed by atoms with Crippen molar-refractivity contribution in [1.29, 1.82) is 0 Å². The highest BCUT2D eigenvalue weighted by Gasteiger charge is 2.18. The molecule has 17 heavy (non-hydrogen) atoms. The number of para-hydroxylation sites is 1. The molecule has 3 heteroatoms. The molecule has 0 spiro atoms. The fourth-order valence-corrected chi connectivity index (χ4v) is 2.29. The molecular formula is C14H17BrN2. The van der Waals surface area contributed by atoms with Crippen LogP contribution in [-0.4, -0.2) is 11.5 Å². The minimum absolute atomic E-state index is 0.104. The third-order valence-corrected chi connectivity index (χ3v) is 3.66. The zero-order chi connectivity index (χ0) is 12.5. The fraction of sp³-hybridized carbons (Fsp3) is 0.357. The number of nitrogens with two attached hydrogens (primary N) is 1. The van der Waals surface area contributed by atoms with E-state index in [9.17, 15) is 0 Å². The SMILES string of the molecule is CC(C)(CN)Cc1cc2ccccc2nc1Br. The maximum Gasteiger partial charge on any atom is 0.110 e. The van der Waals surface area contributed by atoms with E-state index < -0.39 is 0 Å². The predicted octanol–water partition coefficient (Wildman–Crippen LogP) is 3.52. The quantitative estimate of drug-likeness (QED) is 0.879. The molecule has 1 aromatic heterocycles. The monoisotopic (exact) mass is 292 g/mol. The smallest absolute Gasteiger partial charge is 0.110 e. The molecule has 0 amide bonds. The Kier molecular flexibility index (Phi) is 3.50. The summed E-state index contributed by atoms with van der Waals surface area (Å²) in [4.78, 5) is 4.57. The topological polar surface area (TPSA) is 38.9 Å². The van der Waals surface area contributed by atoms with Crippen molar-refractivity contribution in [1.82, 2.24) is 4.98 Å². The van der Waals surface area contributed by atoms with Gasteiger partial charge in [-0.3, -0.25) is 0 Å². The van der Waals surface area contributed by atoms with Crippen LogP contribution >= 0.6 is 15.9 Å². The Hall–Kier alpha value is -0.930. The van der Waals surface area contributed by atoms with Crippen LogP contribution < -0.4 is 5.73 Å². The minimum Gasteiger partial charge on any atom is -0.330 e. The van der Waals surface area contributed by atoms with Crippen LogP contribution in [-0.2, 0) is 6.42 Å². The lowest BCUT2D eigenvalue weighted by atomic mass is 9.86. The lowest BCUT2D eigenvalue weighted by molar-refractivity contribution is 0.376. The minimum atomic E-state index is 0.104. The van der Waals surface area contributed by atoms with Crippen LogP contribution in [0.4, 0.5) is 0 Å². The number of pyridine rings is 1. The van der Waals surface area contributed by atoms with E-state index in [-0.39, 0.29) is 5.41 Å².